The molecule has 0 radical (unpaired) electrons. The molecule has 0 aromatic carbocycles. The molecular weight excluding hydrogens is 248 g/mol. The van der Waals surface area contributed by atoms with Crippen LogP contribution in [0.15, 0.2) is 10.6 Å². The van der Waals surface area contributed by atoms with Crippen LogP contribution in [-0.4, -0.2) is 35.0 Å². The molecule has 1 aromatic heterocycles. The molecule has 1 heterocycles. The molecule has 6 nitrogen and oxygen atoms in total. The highest BCUT2D eigenvalue weighted by atomic mass is 16.5. The smallest absolute Gasteiger partial charge is 0.358 e. The van der Waals surface area contributed by atoms with E-state index in [2.05, 4.69) is 24.3 Å². The van der Waals surface area contributed by atoms with Crippen molar-refractivity contribution in [3.63, 3.8) is 0 Å². The second-order valence-electron chi connectivity index (χ2n) is 5.42. The van der Waals surface area contributed by atoms with Gasteiger partial charge in [0.25, 0.3) is 0 Å². The Bertz CT molecular complexity index is 455. The first-order chi connectivity index (χ1) is 8.95. The maximum Gasteiger partial charge on any atom is 0.358 e. The Morgan fingerprint density at radius 2 is 2.42 bits per heavy atom. The molecule has 2 atom stereocenters. The molecule has 19 heavy (non-hydrogen) atoms. The number of carbonyl (C=O) groups is 1. The molecule has 0 bridgehead atoms. The van der Waals surface area contributed by atoms with Crippen LogP contribution in [0.1, 0.15) is 43.4 Å². The van der Waals surface area contributed by atoms with E-state index < -0.39 is 5.97 Å². The normalized spacial score (nSPS) is 25.0. The molecular formula is C13H20N2O4. The van der Waals surface area contributed by atoms with Gasteiger partial charge in [0.2, 0.25) is 0 Å². The first kappa shape index (κ1) is 14.0. The number of ether oxygens (including phenoxy) is 1. The summed E-state index contributed by atoms with van der Waals surface area (Å²) in [7, 11) is 0. The number of carboxylic acid groups (broad SMARTS) is 1. The predicted octanol–water partition coefficient (Wildman–Crippen LogP) is 1.67. The summed E-state index contributed by atoms with van der Waals surface area (Å²) in [4.78, 5) is 10.7. The fourth-order valence-corrected chi connectivity index (χ4v) is 2.44. The van der Waals surface area contributed by atoms with Crippen molar-refractivity contribution in [1.29, 1.82) is 0 Å². The van der Waals surface area contributed by atoms with E-state index in [4.69, 9.17) is 14.4 Å². The van der Waals surface area contributed by atoms with E-state index in [0.717, 1.165) is 13.0 Å². The first-order valence-corrected chi connectivity index (χ1v) is 6.49. The minimum Gasteiger partial charge on any atom is -0.476 e. The van der Waals surface area contributed by atoms with E-state index >= 15 is 0 Å². The third kappa shape index (κ3) is 2.79. The SMILES string of the molecule is CCOC1CC(NCc2cc(C(=O)O)no2)C1(C)C. The van der Waals surface area contributed by atoms with Gasteiger partial charge in [0.05, 0.1) is 12.6 Å². The van der Waals surface area contributed by atoms with Crippen LogP contribution in [0.25, 0.3) is 0 Å². The topological polar surface area (TPSA) is 84.6 Å². The van der Waals surface area contributed by atoms with Crippen molar-refractivity contribution in [3.05, 3.63) is 17.5 Å². The molecule has 0 amide bonds. The van der Waals surface area contributed by atoms with E-state index in [1.54, 1.807) is 0 Å². The fourth-order valence-electron chi connectivity index (χ4n) is 2.44. The van der Waals surface area contributed by atoms with Gasteiger partial charge in [0, 0.05) is 24.1 Å². The summed E-state index contributed by atoms with van der Waals surface area (Å²) in [5.74, 6) is -0.538. The molecule has 2 rings (SSSR count). The molecule has 1 aliphatic carbocycles. The molecule has 0 saturated heterocycles. The Morgan fingerprint density at radius 3 is 2.95 bits per heavy atom. The number of hydrogen-bond acceptors (Lipinski definition) is 5. The van der Waals surface area contributed by atoms with E-state index in [1.165, 1.54) is 6.07 Å². The lowest BCUT2D eigenvalue weighted by Gasteiger charge is -2.51. The average Bonchev–Trinajstić information content (AvgIpc) is 2.81. The Morgan fingerprint density at radius 1 is 1.68 bits per heavy atom. The van der Waals surface area contributed by atoms with Crippen LogP contribution in [0, 0.1) is 5.41 Å². The lowest BCUT2D eigenvalue weighted by atomic mass is 9.64. The van der Waals surface area contributed by atoms with Crippen LogP contribution < -0.4 is 5.32 Å². The summed E-state index contributed by atoms with van der Waals surface area (Å²) in [5.41, 5.74) is 0.0166. The summed E-state index contributed by atoms with van der Waals surface area (Å²) in [5, 5.41) is 15.6. The van der Waals surface area contributed by atoms with Gasteiger partial charge >= 0.3 is 5.97 Å². The van der Waals surface area contributed by atoms with Crippen LogP contribution in [0.5, 0.6) is 0 Å². The van der Waals surface area contributed by atoms with Gasteiger partial charge in [-0.25, -0.2) is 4.79 Å². The standard InChI is InChI=1S/C13H20N2O4/c1-4-18-11-6-10(13(11,2)3)14-7-8-5-9(12(16)17)15-19-8/h5,10-11,14H,4,6-7H2,1-3H3,(H,16,17). The molecule has 1 aliphatic rings. The number of nitrogens with zero attached hydrogens (tertiary/aromatic N) is 1. The molecule has 0 spiro atoms. The molecule has 6 heteroatoms. The van der Waals surface area contributed by atoms with E-state index in [-0.39, 0.29) is 17.2 Å². The molecule has 1 aromatic rings. The second-order valence-corrected chi connectivity index (χ2v) is 5.42. The van der Waals surface area contributed by atoms with Crippen LogP contribution in [-0.2, 0) is 11.3 Å². The van der Waals surface area contributed by atoms with Gasteiger partial charge in [0.15, 0.2) is 11.5 Å². The maximum atomic E-state index is 10.7. The summed E-state index contributed by atoms with van der Waals surface area (Å²) in [6.07, 6.45) is 1.24. The largest absolute Gasteiger partial charge is 0.476 e. The zero-order valence-electron chi connectivity index (χ0n) is 11.5. The zero-order chi connectivity index (χ0) is 14.0. The molecule has 1 saturated carbocycles. The van der Waals surface area contributed by atoms with Crippen molar-refractivity contribution in [3.8, 4) is 0 Å². The van der Waals surface area contributed by atoms with Gasteiger partial charge in [-0.15, -0.1) is 0 Å². The molecule has 1 fully saturated rings. The van der Waals surface area contributed by atoms with Crippen LogP contribution >= 0.6 is 0 Å². The molecule has 106 valence electrons. The highest BCUT2D eigenvalue weighted by Gasteiger charge is 2.48. The molecule has 2 N–H and O–H groups in total. The van der Waals surface area contributed by atoms with Crippen molar-refractivity contribution in [1.82, 2.24) is 10.5 Å². The summed E-state index contributed by atoms with van der Waals surface area (Å²) < 4.78 is 10.6. The highest BCUT2D eigenvalue weighted by Crippen LogP contribution is 2.42. The van der Waals surface area contributed by atoms with Crippen LogP contribution in [0.2, 0.25) is 0 Å². The Labute approximate surface area is 112 Å². The number of rotatable bonds is 6. The van der Waals surface area contributed by atoms with Gasteiger partial charge < -0.3 is 19.7 Å². The van der Waals surface area contributed by atoms with Crippen molar-refractivity contribution in [2.45, 2.75) is 45.9 Å². The predicted molar refractivity (Wildman–Crippen MR) is 67.9 cm³/mol. The summed E-state index contributed by atoms with van der Waals surface area (Å²) in [6.45, 7) is 7.53. The summed E-state index contributed by atoms with van der Waals surface area (Å²) in [6, 6.07) is 1.78. The monoisotopic (exact) mass is 268 g/mol. The zero-order valence-corrected chi connectivity index (χ0v) is 11.5. The van der Waals surface area contributed by atoms with Crippen molar-refractivity contribution in [2.24, 2.45) is 5.41 Å². The minimum absolute atomic E-state index is 0.0585. The highest BCUT2D eigenvalue weighted by molar-refractivity contribution is 5.85. The van der Waals surface area contributed by atoms with Crippen LogP contribution in [0.4, 0.5) is 0 Å². The minimum atomic E-state index is -1.07. The number of nitrogens with one attached hydrogen (secondary N) is 1. The molecule has 2 unspecified atom stereocenters. The van der Waals surface area contributed by atoms with Gasteiger partial charge in [0.1, 0.15) is 0 Å². The fraction of sp³-hybridized carbons (Fsp3) is 0.692. The number of carboxylic acids is 1. The number of aromatic carboxylic acids is 1. The maximum absolute atomic E-state index is 10.7. The quantitative estimate of drug-likeness (QED) is 0.816. The Hall–Kier alpha value is -1.40. The number of hydrogen-bond donors (Lipinski definition) is 2. The van der Waals surface area contributed by atoms with Crippen molar-refractivity contribution < 1.29 is 19.2 Å². The van der Waals surface area contributed by atoms with Gasteiger partial charge in [-0.3, -0.25) is 0 Å². The van der Waals surface area contributed by atoms with Gasteiger partial charge in [-0.2, -0.15) is 0 Å². The second kappa shape index (κ2) is 5.30. The van der Waals surface area contributed by atoms with E-state index in [1.807, 2.05) is 6.92 Å². The third-order valence-electron chi connectivity index (χ3n) is 3.85. The number of aromatic nitrogens is 1. The lowest BCUT2D eigenvalue weighted by molar-refractivity contribution is -0.114. The molecule has 0 aliphatic heterocycles. The van der Waals surface area contributed by atoms with Gasteiger partial charge in [-0.05, 0) is 13.3 Å². The summed E-state index contributed by atoms with van der Waals surface area (Å²) >= 11 is 0. The van der Waals surface area contributed by atoms with E-state index in [9.17, 15) is 4.79 Å². The Kier molecular flexibility index (Phi) is 3.91. The van der Waals surface area contributed by atoms with Gasteiger partial charge in [-0.1, -0.05) is 19.0 Å². The first-order valence-electron chi connectivity index (χ1n) is 6.49. The third-order valence-corrected chi connectivity index (χ3v) is 3.85. The lowest BCUT2D eigenvalue weighted by Crippen LogP contribution is -2.60. The van der Waals surface area contributed by atoms with Crippen LogP contribution in [0.3, 0.4) is 0 Å². The van der Waals surface area contributed by atoms with Crippen molar-refractivity contribution >= 4 is 5.97 Å². The average molecular weight is 268 g/mol. The van der Waals surface area contributed by atoms with Crippen molar-refractivity contribution in [2.75, 3.05) is 6.61 Å². The van der Waals surface area contributed by atoms with E-state index in [0.29, 0.717) is 18.3 Å². The Balaban J connectivity index is 1.85.